The maximum absolute atomic E-state index is 12.7. The third-order valence-electron chi connectivity index (χ3n) is 4.53. The SMILES string of the molecule is CNC1CCN(S(=O)(=O)c2ccc(S(=O)(=O)NC3CC3)cc2)CC1.Cl. The van der Waals surface area contributed by atoms with E-state index in [0.29, 0.717) is 19.1 Å². The molecule has 3 rings (SSSR count). The molecule has 25 heavy (non-hydrogen) atoms. The molecule has 0 aromatic heterocycles. The van der Waals surface area contributed by atoms with Crippen molar-refractivity contribution in [3.05, 3.63) is 24.3 Å². The molecule has 0 amide bonds. The number of piperidine rings is 1. The first-order valence-electron chi connectivity index (χ1n) is 8.13. The molecular formula is C15H24ClN3O4S2. The molecule has 10 heteroatoms. The minimum absolute atomic E-state index is 0. The van der Waals surface area contributed by atoms with Crippen molar-refractivity contribution in [2.24, 2.45) is 0 Å². The summed E-state index contributed by atoms with van der Waals surface area (Å²) in [5.41, 5.74) is 0. The Balaban J connectivity index is 0.00000225. The second-order valence-electron chi connectivity index (χ2n) is 6.33. The van der Waals surface area contributed by atoms with Gasteiger partial charge in [0.1, 0.15) is 0 Å². The average Bonchev–Trinajstić information content (AvgIpc) is 3.38. The van der Waals surface area contributed by atoms with Crippen LogP contribution in [0.1, 0.15) is 25.7 Å². The molecule has 1 aliphatic heterocycles. The van der Waals surface area contributed by atoms with Gasteiger partial charge in [-0.1, -0.05) is 0 Å². The van der Waals surface area contributed by atoms with Crippen LogP contribution in [0.2, 0.25) is 0 Å². The Labute approximate surface area is 155 Å². The van der Waals surface area contributed by atoms with E-state index in [9.17, 15) is 16.8 Å². The monoisotopic (exact) mass is 409 g/mol. The van der Waals surface area contributed by atoms with E-state index in [1.807, 2.05) is 7.05 Å². The molecule has 7 nitrogen and oxygen atoms in total. The van der Waals surface area contributed by atoms with E-state index in [2.05, 4.69) is 10.0 Å². The van der Waals surface area contributed by atoms with Gasteiger partial charge in [-0.05, 0) is 57.0 Å². The topological polar surface area (TPSA) is 95.6 Å². The first kappa shape index (κ1) is 20.6. The molecule has 0 spiro atoms. The summed E-state index contributed by atoms with van der Waals surface area (Å²) in [4.78, 5) is 0.234. The quantitative estimate of drug-likeness (QED) is 0.728. The summed E-state index contributed by atoms with van der Waals surface area (Å²) >= 11 is 0. The van der Waals surface area contributed by atoms with E-state index >= 15 is 0 Å². The van der Waals surface area contributed by atoms with Gasteiger partial charge in [-0.3, -0.25) is 0 Å². The van der Waals surface area contributed by atoms with Gasteiger partial charge < -0.3 is 5.32 Å². The summed E-state index contributed by atoms with van der Waals surface area (Å²) in [5, 5.41) is 3.17. The number of hydrogen-bond donors (Lipinski definition) is 2. The molecule has 142 valence electrons. The van der Waals surface area contributed by atoms with Crippen LogP contribution in [0, 0.1) is 0 Å². The van der Waals surface area contributed by atoms with Gasteiger partial charge in [-0.15, -0.1) is 12.4 Å². The highest BCUT2D eigenvalue weighted by atomic mass is 35.5. The number of nitrogens with zero attached hydrogens (tertiary/aromatic N) is 1. The van der Waals surface area contributed by atoms with Crippen LogP contribution in [0.15, 0.2) is 34.1 Å². The van der Waals surface area contributed by atoms with Crippen LogP contribution >= 0.6 is 12.4 Å². The van der Waals surface area contributed by atoms with Gasteiger partial charge in [-0.25, -0.2) is 21.6 Å². The third-order valence-corrected chi connectivity index (χ3v) is 7.98. The lowest BCUT2D eigenvalue weighted by molar-refractivity contribution is 0.298. The van der Waals surface area contributed by atoms with Crippen molar-refractivity contribution in [1.82, 2.24) is 14.3 Å². The zero-order valence-corrected chi connectivity index (χ0v) is 16.5. The van der Waals surface area contributed by atoms with Crippen molar-refractivity contribution in [2.45, 2.75) is 47.6 Å². The second kappa shape index (κ2) is 7.89. The number of benzene rings is 1. The Morgan fingerprint density at radius 3 is 1.88 bits per heavy atom. The maximum Gasteiger partial charge on any atom is 0.243 e. The number of hydrogen-bond acceptors (Lipinski definition) is 5. The first-order valence-corrected chi connectivity index (χ1v) is 11.0. The normalized spacial score (nSPS) is 20.2. The molecule has 1 heterocycles. The summed E-state index contributed by atoms with van der Waals surface area (Å²) < 4.78 is 53.7. The molecule has 1 saturated carbocycles. The van der Waals surface area contributed by atoms with E-state index in [4.69, 9.17) is 0 Å². The molecule has 0 radical (unpaired) electrons. The molecule has 0 unspecified atom stereocenters. The van der Waals surface area contributed by atoms with Crippen LogP contribution in [0.25, 0.3) is 0 Å². The van der Waals surface area contributed by atoms with Crippen molar-refractivity contribution in [1.29, 1.82) is 0 Å². The molecule has 1 aromatic rings. The molecule has 2 N–H and O–H groups in total. The van der Waals surface area contributed by atoms with Gasteiger partial charge in [-0.2, -0.15) is 4.31 Å². The number of rotatable bonds is 6. The van der Waals surface area contributed by atoms with Crippen LogP contribution in [0.4, 0.5) is 0 Å². The maximum atomic E-state index is 12.7. The highest BCUT2D eigenvalue weighted by Gasteiger charge is 2.30. The summed E-state index contributed by atoms with van der Waals surface area (Å²) in [7, 11) is -5.26. The van der Waals surface area contributed by atoms with Gasteiger partial charge in [0.25, 0.3) is 0 Å². The minimum atomic E-state index is -3.58. The summed E-state index contributed by atoms with van der Waals surface area (Å²) in [6.07, 6.45) is 3.25. The first-order chi connectivity index (χ1) is 11.3. The summed E-state index contributed by atoms with van der Waals surface area (Å²) in [6.45, 7) is 0.939. The Kier molecular flexibility index (Phi) is 6.50. The van der Waals surface area contributed by atoms with Crippen LogP contribution in [0.3, 0.4) is 0 Å². The zero-order valence-electron chi connectivity index (χ0n) is 14.0. The second-order valence-corrected chi connectivity index (χ2v) is 9.99. The van der Waals surface area contributed by atoms with Gasteiger partial charge in [0.2, 0.25) is 20.0 Å². The van der Waals surface area contributed by atoms with Gasteiger partial charge in [0.15, 0.2) is 0 Å². The Morgan fingerprint density at radius 1 is 0.880 bits per heavy atom. The van der Waals surface area contributed by atoms with Crippen molar-refractivity contribution in [3.63, 3.8) is 0 Å². The van der Waals surface area contributed by atoms with Crippen LogP contribution < -0.4 is 10.0 Å². The van der Waals surface area contributed by atoms with E-state index in [1.165, 1.54) is 28.6 Å². The van der Waals surface area contributed by atoms with Gasteiger partial charge in [0, 0.05) is 25.2 Å². The number of halogens is 1. The third kappa shape index (κ3) is 4.72. The fraction of sp³-hybridized carbons (Fsp3) is 0.600. The molecule has 0 bridgehead atoms. The highest BCUT2D eigenvalue weighted by Crippen LogP contribution is 2.24. The lowest BCUT2D eigenvalue weighted by Gasteiger charge is -2.31. The molecule has 1 aromatic carbocycles. The highest BCUT2D eigenvalue weighted by molar-refractivity contribution is 7.89. The van der Waals surface area contributed by atoms with E-state index in [1.54, 1.807) is 0 Å². The van der Waals surface area contributed by atoms with Crippen molar-refractivity contribution >= 4 is 32.5 Å². The lowest BCUT2D eigenvalue weighted by atomic mass is 10.1. The van der Waals surface area contributed by atoms with Crippen molar-refractivity contribution in [3.8, 4) is 0 Å². The standard InChI is InChI=1S/C15H23N3O4S2.ClH/c1-16-12-8-10-18(11-9-12)24(21,22)15-6-4-14(5-7-15)23(19,20)17-13-2-3-13;/h4-7,12-13,16-17H,2-3,8-11H2,1H3;1H. The molecule has 2 aliphatic rings. The molecule has 1 aliphatic carbocycles. The fourth-order valence-corrected chi connectivity index (χ4v) is 5.59. The average molecular weight is 410 g/mol. The van der Waals surface area contributed by atoms with Crippen LogP contribution in [0.5, 0.6) is 0 Å². The predicted octanol–water partition coefficient (Wildman–Crippen LogP) is 0.922. The van der Waals surface area contributed by atoms with Crippen LogP contribution in [-0.4, -0.2) is 53.4 Å². The zero-order chi connectivity index (χ0) is 17.4. The Bertz CT molecular complexity index is 785. The van der Waals surface area contributed by atoms with Crippen LogP contribution in [-0.2, 0) is 20.0 Å². The summed E-state index contributed by atoms with van der Waals surface area (Å²) in [5.74, 6) is 0. The Hall–Kier alpha value is -0.710. The van der Waals surface area contributed by atoms with Gasteiger partial charge >= 0.3 is 0 Å². The fourth-order valence-electron chi connectivity index (χ4n) is 2.81. The predicted molar refractivity (Wildman–Crippen MR) is 97.9 cm³/mol. The van der Waals surface area contributed by atoms with Crippen molar-refractivity contribution in [2.75, 3.05) is 20.1 Å². The minimum Gasteiger partial charge on any atom is -0.317 e. The molecule has 2 fully saturated rings. The van der Waals surface area contributed by atoms with E-state index < -0.39 is 20.0 Å². The lowest BCUT2D eigenvalue weighted by Crippen LogP contribution is -2.43. The number of nitrogens with one attached hydrogen (secondary N) is 2. The summed E-state index contributed by atoms with van der Waals surface area (Å²) in [6, 6.07) is 5.84. The molecule has 0 atom stereocenters. The Morgan fingerprint density at radius 2 is 1.40 bits per heavy atom. The molecule has 1 saturated heterocycles. The van der Waals surface area contributed by atoms with E-state index in [0.717, 1.165) is 25.7 Å². The largest absolute Gasteiger partial charge is 0.317 e. The van der Waals surface area contributed by atoms with E-state index in [-0.39, 0.29) is 28.2 Å². The molecular weight excluding hydrogens is 386 g/mol. The smallest absolute Gasteiger partial charge is 0.243 e. The number of sulfonamides is 2. The van der Waals surface area contributed by atoms with Crippen molar-refractivity contribution < 1.29 is 16.8 Å². The van der Waals surface area contributed by atoms with Gasteiger partial charge in [0.05, 0.1) is 9.79 Å².